The molecule has 0 aliphatic carbocycles. The van der Waals surface area contributed by atoms with Crippen molar-refractivity contribution in [3.05, 3.63) is 0 Å². The molecule has 2 atom stereocenters. The molecule has 0 saturated carbocycles. The molecule has 2 nitrogen and oxygen atoms in total. The Morgan fingerprint density at radius 2 is 2.33 bits per heavy atom. The second kappa shape index (κ2) is 2.67. The molecule has 0 aromatic rings. The van der Waals surface area contributed by atoms with Crippen molar-refractivity contribution < 1.29 is 0 Å². The van der Waals surface area contributed by atoms with E-state index in [1.165, 1.54) is 13.0 Å². The van der Waals surface area contributed by atoms with Gasteiger partial charge in [-0.15, -0.1) is 0 Å². The lowest BCUT2D eigenvalue weighted by molar-refractivity contribution is 0.295. The highest BCUT2D eigenvalue weighted by Gasteiger charge is 2.25. The first-order valence-electron chi connectivity index (χ1n) is 3.66. The van der Waals surface area contributed by atoms with Crippen LogP contribution in [0.5, 0.6) is 0 Å². The average Bonchev–Trinajstić information content (AvgIpc) is 2.15. The molecular formula is C7H16N2. The van der Waals surface area contributed by atoms with Crippen LogP contribution in [0.15, 0.2) is 0 Å². The summed E-state index contributed by atoms with van der Waals surface area (Å²) in [4.78, 5) is 2.37. The SMILES string of the molecule is C[C@H]1[C@@H](CN)CCN1C. The fourth-order valence-electron chi connectivity index (χ4n) is 1.49. The minimum Gasteiger partial charge on any atom is -0.330 e. The van der Waals surface area contributed by atoms with E-state index < -0.39 is 0 Å². The molecule has 2 N–H and O–H groups in total. The molecule has 0 bridgehead atoms. The summed E-state index contributed by atoms with van der Waals surface area (Å²) >= 11 is 0. The smallest absolute Gasteiger partial charge is 0.0105 e. The number of likely N-dealkylation sites (tertiary alicyclic amines) is 1. The van der Waals surface area contributed by atoms with E-state index in [1.54, 1.807) is 0 Å². The Bertz CT molecular complexity index is 92.9. The highest BCUT2D eigenvalue weighted by molar-refractivity contribution is 4.81. The summed E-state index contributed by atoms with van der Waals surface area (Å²) in [5.74, 6) is 0.745. The van der Waals surface area contributed by atoms with E-state index in [0.717, 1.165) is 12.5 Å². The fraction of sp³-hybridized carbons (Fsp3) is 1.00. The molecule has 0 aromatic heterocycles. The Kier molecular flexibility index (Phi) is 2.09. The molecule has 1 aliphatic heterocycles. The molecule has 0 amide bonds. The van der Waals surface area contributed by atoms with Crippen LogP contribution in [0.4, 0.5) is 0 Å². The van der Waals surface area contributed by atoms with Gasteiger partial charge < -0.3 is 10.6 Å². The molecule has 0 aromatic carbocycles. The zero-order valence-electron chi connectivity index (χ0n) is 6.30. The van der Waals surface area contributed by atoms with Gasteiger partial charge in [0, 0.05) is 6.04 Å². The Balaban J connectivity index is 2.41. The van der Waals surface area contributed by atoms with E-state index >= 15 is 0 Å². The van der Waals surface area contributed by atoms with Crippen molar-refractivity contribution in [2.75, 3.05) is 20.1 Å². The maximum Gasteiger partial charge on any atom is 0.0105 e. The molecule has 1 heterocycles. The van der Waals surface area contributed by atoms with Crippen LogP contribution >= 0.6 is 0 Å². The Morgan fingerprint density at radius 1 is 1.67 bits per heavy atom. The molecule has 1 rings (SSSR count). The van der Waals surface area contributed by atoms with Crippen LogP contribution < -0.4 is 5.73 Å². The largest absolute Gasteiger partial charge is 0.330 e. The minimum absolute atomic E-state index is 0.704. The maximum absolute atomic E-state index is 5.56. The zero-order valence-corrected chi connectivity index (χ0v) is 6.30. The van der Waals surface area contributed by atoms with Gasteiger partial charge >= 0.3 is 0 Å². The Labute approximate surface area is 57.0 Å². The molecular weight excluding hydrogens is 112 g/mol. The topological polar surface area (TPSA) is 29.3 Å². The normalized spacial score (nSPS) is 37.7. The third kappa shape index (κ3) is 1.25. The summed E-state index contributed by atoms with van der Waals surface area (Å²) in [6, 6.07) is 0.704. The van der Waals surface area contributed by atoms with Gasteiger partial charge in [-0.3, -0.25) is 0 Å². The quantitative estimate of drug-likeness (QED) is 0.550. The number of nitrogens with zero attached hydrogens (tertiary/aromatic N) is 1. The van der Waals surface area contributed by atoms with Crippen molar-refractivity contribution in [3.63, 3.8) is 0 Å². The summed E-state index contributed by atoms with van der Waals surface area (Å²) in [7, 11) is 2.17. The van der Waals surface area contributed by atoms with Crippen molar-refractivity contribution >= 4 is 0 Å². The molecule has 1 saturated heterocycles. The van der Waals surface area contributed by atoms with Gasteiger partial charge in [0.1, 0.15) is 0 Å². The van der Waals surface area contributed by atoms with E-state index in [2.05, 4.69) is 18.9 Å². The predicted octanol–water partition coefficient (Wildman–Crippen LogP) is 0.285. The van der Waals surface area contributed by atoms with E-state index in [4.69, 9.17) is 5.73 Å². The van der Waals surface area contributed by atoms with Crippen LogP contribution in [0.25, 0.3) is 0 Å². The van der Waals surface area contributed by atoms with Crippen LogP contribution in [-0.2, 0) is 0 Å². The van der Waals surface area contributed by atoms with Gasteiger partial charge in [-0.25, -0.2) is 0 Å². The Hall–Kier alpha value is -0.0800. The third-order valence-corrected chi connectivity index (χ3v) is 2.53. The van der Waals surface area contributed by atoms with Crippen molar-refractivity contribution in [2.24, 2.45) is 11.7 Å². The second-order valence-corrected chi connectivity index (χ2v) is 3.01. The first-order chi connectivity index (χ1) is 4.25. The van der Waals surface area contributed by atoms with Gasteiger partial charge in [-0.2, -0.15) is 0 Å². The summed E-state index contributed by atoms with van der Waals surface area (Å²) in [6.07, 6.45) is 1.29. The van der Waals surface area contributed by atoms with Crippen molar-refractivity contribution in [1.82, 2.24) is 4.90 Å². The van der Waals surface area contributed by atoms with Crippen molar-refractivity contribution in [1.29, 1.82) is 0 Å². The van der Waals surface area contributed by atoms with Gasteiger partial charge in [0.05, 0.1) is 0 Å². The monoisotopic (exact) mass is 128 g/mol. The van der Waals surface area contributed by atoms with Gasteiger partial charge in [0.2, 0.25) is 0 Å². The van der Waals surface area contributed by atoms with E-state index in [-0.39, 0.29) is 0 Å². The molecule has 0 spiro atoms. The second-order valence-electron chi connectivity index (χ2n) is 3.01. The lowest BCUT2D eigenvalue weighted by atomic mass is 10.0. The zero-order chi connectivity index (χ0) is 6.85. The van der Waals surface area contributed by atoms with Gasteiger partial charge in [0.15, 0.2) is 0 Å². The lowest BCUT2D eigenvalue weighted by Gasteiger charge is -2.18. The van der Waals surface area contributed by atoms with Gasteiger partial charge in [0.25, 0.3) is 0 Å². The first kappa shape index (κ1) is 7.03. The van der Waals surface area contributed by atoms with Gasteiger partial charge in [-0.05, 0) is 39.4 Å². The first-order valence-corrected chi connectivity index (χ1v) is 3.66. The summed E-state index contributed by atoms with van der Waals surface area (Å²) in [5, 5.41) is 0. The average molecular weight is 128 g/mol. The van der Waals surface area contributed by atoms with Crippen molar-refractivity contribution in [2.45, 2.75) is 19.4 Å². The molecule has 9 heavy (non-hydrogen) atoms. The summed E-state index contributed by atoms with van der Waals surface area (Å²) < 4.78 is 0. The Morgan fingerprint density at radius 3 is 2.56 bits per heavy atom. The fourth-order valence-corrected chi connectivity index (χ4v) is 1.49. The maximum atomic E-state index is 5.56. The number of hydrogen-bond donors (Lipinski definition) is 1. The third-order valence-electron chi connectivity index (χ3n) is 2.53. The molecule has 1 fully saturated rings. The van der Waals surface area contributed by atoms with E-state index in [9.17, 15) is 0 Å². The van der Waals surface area contributed by atoms with Crippen LogP contribution in [0.1, 0.15) is 13.3 Å². The van der Waals surface area contributed by atoms with E-state index in [0.29, 0.717) is 6.04 Å². The molecule has 1 aliphatic rings. The number of nitrogens with two attached hydrogens (primary N) is 1. The van der Waals surface area contributed by atoms with Crippen LogP contribution in [-0.4, -0.2) is 31.1 Å². The highest BCUT2D eigenvalue weighted by atomic mass is 15.1. The van der Waals surface area contributed by atoms with Gasteiger partial charge in [-0.1, -0.05) is 0 Å². The molecule has 0 radical (unpaired) electrons. The molecule has 54 valence electrons. The van der Waals surface area contributed by atoms with Crippen molar-refractivity contribution in [3.8, 4) is 0 Å². The van der Waals surface area contributed by atoms with Crippen LogP contribution in [0, 0.1) is 5.92 Å². The highest BCUT2D eigenvalue weighted by Crippen LogP contribution is 2.20. The van der Waals surface area contributed by atoms with Crippen LogP contribution in [0.3, 0.4) is 0 Å². The van der Waals surface area contributed by atoms with E-state index in [1.807, 2.05) is 0 Å². The summed E-state index contributed by atoms with van der Waals surface area (Å²) in [5.41, 5.74) is 5.56. The number of rotatable bonds is 1. The predicted molar refractivity (Wildman–Crippen MR) is 39.3 cm³/mol. The minimum atomic E-state index is 0.704. The number of hydrogen-bond acceptors (Lipinski definition) is 2. The van der Waals surface area contributed by atoms with Crippen LogP contribution in [0.2, 0.25) is 0 Å². The molecule has 2 heteroatoms. The summed E-state index contributed by atoms with van der Waals surface area (Å²) in [6.45, 7) is 4.33. The standard InChI is InChI=1S/C7H16N2/c1-6-7(5-8)3-4-9(6)2/h6-7H,3-5,8H2,1-2H3/t6-,7+/m0/s1. The molecule has 0 unspecified atom stereocenters. The lowest BCUT2D eigenvalue weighted by Crippen LogP contribution is -2.29.